The van der Waals surface area contributed by atoms with Crippen molar-refractivity contribution in [2.45, 2.75) is 19.9 Å². The Kier molecular flexibility index (Phi) is 4.97. The summed E-state index contributed by atoms with van der Waals surface area (Å²) in [6.45, 7) is 3.37. The quantitative estimate of drug-likeness (QED) is 0.838. The fraction of sp³-hybridized carbons (Fsp3) is 0.333. The zero-order chi connectivity index (χ0) is 12.8. The molecule has 0 fully saturated rings. The molecule has 0 aliphatic heterocycles. The van der Waals surface area contributed by atoms with Crippen LogP contribution >= 0.6 is 11.6 Å². The molecule has 92 valence electrons. The van der Waals surface area contributed by atoms with E-state index < -0.39 is 5.97 Å². The number of benzene rings is 1. The third-order valence-electron chi connectivity index (χ3n) is 1.84. The minimum atomic E-state index is -0.564. The first kappa shape index (κ1) is 13.5. The Morgan fingerprint density at radius 1 is 1.41 bits per heavy atom. The molecule has 0 aromatic heterocycles. The summed E-state index contributed by atoms with van der Waals surface area (Å²) in [5, 5.41) is 3.07. The Labute approximate surface area is 105 Å². The highest BCUT2D eigenvalue weighted by Crippen LogP contribution is 2.11. The molecule has 0 atom stereocenters. The first-order valence-corrected chi connectivity index (χ1v) is 5.59. The maximum atomic E-state index is 11.5. The number of carbonyl (C=O) groups excluding carboxylic acids is 2. The lowest BCUT2D eigenvalue weighted by Gasteiger charge is -2.08. The van der Waals surface area contributed by atoms with Crippen LogP contribution in [0.4, 0.5) is 0 Å². The van der Waals surface area contributed by atoms with Gasteiger partial charge in [-0.3, -0.25) is 4.79 Å². The van der Waals surface area contributed by atoms with Crippen molar-refractivity contribution in [1.29, 1.82) is 0 Å². The zero-order valence-electron chi connectivity index (χ0n) is 9.70. The summed E-state index contributed by atoms with van der Waals surface area (Å²) in [5.41, 5.74) is 0.329. The lowest BCUT2D eigenvalue weighted by molar-refractivity contribution is -0.124. The molecule has 1 rings (SSSR count). The predicted octanol–water partition coefficient (Wildman–Crippen LogP) is 2.02. The number of amides is 1. The van der Waals surface area contributed by atoms with Gasteiger partial charge in [0.1, 0.15) is 0 Å². The van der Waals surface area contributed by atoms with Gasteiger partial charge in [0, 0.05) is 11.1 Å². The lowest BCUT2D eigenvalue weighted by Crippen LogP contribution is -2.33. The summed E-state index contributed by atoms with van der Waals surface area (Å²) in [5.74, 6) is -0.887. The summed E-state index contributed by atoms with van der Waals surface area (Å²) in [7, 11) is 0. The van der Waals surface area contributed by atoms with Gasteiger partial charge in [0.2, 0.25) is 0 Å². The second-order valence-electron chi connectivity index (χ2n) is 3.81. The third-order valence-corrected chi connectivity index (χ3v) is 2.08. The Balaban J connectivity index is 2.48. The fourth-order valence-corrected chi connectivity index (χ4v) is 1.38. The van der Waals surface area contributed by atoms with Gasteiger partial charge in [0.05, 0.1) is 5.56 Å². The Morgan fingerprint density at radius 3 is 2.71 bits per heavy atom. The highest BCUT2D eigenvalue weighted by atomic mass is 35.5. The van der Waals surface area contributed by atoms with E-state index in [2.05, 4.69) is 5.32 Å². The third kappa shape index (κ3) is 4.87. The lowest BCUT2D eigenvalue weighted by atomic mass is 10.2. The monoisotopic (exact) mass is 255 g/mol. The van der Waals surface area contributed by atoms with Gasteiger partial charge in [-0.2, -0.15) is 0 Å². The van der Waals surface area contributed by atoms with Crippen LogP contribution in [0.1, 0.15) is 24.2 Å². The van der Waals surface area contributed by atoms with Crippen LogP contribution in [0.5, 0.6) is 0 Å². The number of halogens is 1. The first-order chi connectivity index (χ1) is 7.99. The molecule has 4 nitrogen and oxygen atoms in total. The molecule has 17 heavy (non-hydrogen) atoms. The smallest absolute Gasteiger partial charge is 0.338 e. The van der Waals surface area contributed by atoms with E-state index in [1.54, 1.807) is 18.2 Å². The van der Waals surface area contributed by atoms with E-state index in [1.165, 1.54) is 6.07 Å². The van der Waals surface area contributed by atoms with E-state index in [-0.39, 0.29) is 18.6 Å². The molecule has 0 heterocycles. The van der Waals surface area contributed by atoms with Crippen LogP contribution < -0.4 is 5.32 Å². The van der Waals surface area contributed by atoms with Crippen molar-refractivity contribution < 1.29 is 14.3 Å². The molecule has 1 N–H and O–H groups in total. The Bertz CT molecular complexity index is 418. The van der Waals surface area contributed by atoms with Crippen molar-refractivity contribution in [3.8, 4) is 0 Å². The van der Waals surface area contributed by atoms with Gasteiger partial charge >= 0.3 is 5.97 Å². The molecule has 0 saturated carbocycles. The minimum absolute atomic E-state index is 0.0207. The average molecular weight is 256 g/mol. The van der Waals surface area contributed by atoms with E-state index in [1.807, 2.05) is 13.8 Å². The van der Waals surface area contributed by atoms with Crippen molar-refractivity contribution in [3.05, 3.63) is 34.9 Å². The standard InChI is InChI=1S/C12H14ClNO3/c1-8(2)14-11(15)7-17-12(16)9-4-3-5-10(13)6-9/h3-6,8H,7H2,1-2H3,(H,14,15). The zero-order valence-corrected chi connectivity index (χ0v) is 10.5. The number of hydrogen-bond acceptors (Lipinski definition) is 3. The number of rotatable bonds is 4. The van der Waals surface area contributed by atoms with Crippen LogP contribution in [-0.4, -0.2) is 24.5 Å². The largest absolute Gasteiger partial charge is 0.452 e. The van der Waals surface area contributed by atoms with Crippen LogP contribution in [0, 0.1) is 0 Å². The first-order valence-electron chi connectivity index (χ1n) is 5.21. The molecule has 0 aliphatic carbocycles. The molecular weight excluding hydrogens is 242 g/mol. The van der Waals surface area contributed by atoms with E-state index >= 15 is 0 Å². The summed E-state index contributed by atoms with van der Waals surface area (Å²) in [6, 6.07) is 6.39. The second kappa shape index (κ2) is 6.25. The van der Waals surface area contributed by atoms with Crippen molar-refractivity contribution >= 4 is 23.5 Å². The molecule has 0 radical (unpaired) electrons. The van der Waals surface area contributed by atoms with Crippen LogP contribution in [0.25, 0.3) is 0 Å². The van der Waals surface area contributed by atoms with E-state index in [0.29, 0.717) is 10.6 Å². The number of esters is 1. The van der Waals surface area contributed by atoms with E-state index in [4.69, 9.17) is 16.3 Å². The van der Waals surface area contributed by atoms with Crippen LogP contribution in [0.2, 0.25) is 5.02 Å². The van der Waals surface area contributed by atoms with Gasteiger partial charge in [-0.25, -0.2) is 4.79 Å². The molecule has 5 heteroatoms. The molecule has 1 aromatic carbocycles. The highest BCUT2D eigenvalue weighted by molar-refractivity contribution is 6.30. The van der Waals surface area contributed by atoms with E-state index in [0.717, 1.165) is 0 Å². The van der Waals surface area contributed by atoms with Gasteiger partial charge in [-0.1, -0.05) is 17.7 Å². The number of carbonyl (C=O) groups is 2. The molecule has 0 aliphatic rings. The van der Waals surface area contributed by atoms with Crippen molar-refractivity contribution in [1.82, 2.24) is 5.32 Å². The maximum absolute atomic E-state index is 11.5. The molecule has 1 aromatic rings. The number of ether oxygens (including phenoxy) is 1. The summed E-state index contributed by atoms with van der Waals surface area (Å²) in [6.07, 6.45) is 0. The molecular formula is C12H14ClNO3. The summed E-state index contributed by atoms with van der Waals surface area (Å²) < 4.78 is 4.84. The van der Waals surface area contributed by atoms with Gasteiger partial charge < -0.3 is 10.1 Å². The van der Waals surface area contributed by atoms with Gasteiger partial charge in [-0.15, -0.1) is 0 Å². The number of nitrogens with one attached hydrogen (secondary N) is 1. The number of hydrogen-bond donors (Lipinski definition) is 1. The molecule has 0 unspecified atom stereocenters. The average Bonchev–Trinajstić information content (AvgIpc) is 2.25. The maximum Gasteiger partial charge on any atom is 0.338 e. The molecule has 0 saturated heterocycles. The fourth-order valence-electron chi connectivity index (χ4n) is 1.19. The normalized spacial score (nSPS) is 10.1. The minimum Gasteiger partial charge on any atom is -0.452 e. The Hall–Kier alpha value is -1.55. The van der Waals surface area contributed by atoms with Crippen molar-refractivity contribution in [2.75, 3.05) is 6.61 Å². The van der Waals surface area contributed by atoms with Crippen LogP contribution in [0.15, 0.2) is 24.3 Å². The van der Waals surface area contributed by atoms with Gasteiger partial charge in [0.25, 0.3) is 5.91 Å². The molecule has 1 amide bonds. The topological polar surface area (TPSA) is 55.4 Å². The Morgan fingerprint density at radius 2 is 2.12 bits per heavy atom. The summed E-state index contributed by atoms with van der Waals surface area (Å²) in [4.78, 5) is 22.8. The van der Waals surface area contributed by atoms with Crippen molar-refractivity contribution in [3.63, 3.8) is 0 Å². The molecule has 0 spiro atoms. The van der Waals surface area contributed by atoms with Gasteiger partial charge in [0.15, 0.2) is 6.61 Å². The second-order valence-corrected chi connectivity index (χ2v) is 4.25. The van der Waals surface area contributed by atoms with E-state index in [9.17, 15) is 9.59 Å². The predicted molar refractivity (Wildman–Crippen MR) is 65.0 cm³/mol. The summed E-state index contributed by atoms with van der Waals surface area (Å²) >= 11 is 5.73. The van der Waals surface area contributed by atoms with Crippen molar-refractivity contribution in [2.24, 2.45) is 0 Å². The van der Waals surface area contributed by atoms with Crippen LogP contribution in [0.3, 0.4) is 0 Å². The molecule has 0 bridgehead atoms. The highest BCUT2D eigenvalue weighted by Gasteiger charge is 2.10. The SMILES string of the molecule is CC(C)NC(=O)COC(=O)c1cccc(Cl)c1. The van der Waals surface area contributed by atoms with Gasteiger partial charge in [-0.05, 0) is 32.0 Å². The van der Waals surface area contributed by atoms with Crippen LogP contribution in [-0.2, 0) is 9.53 Å².